The number of thioether (sulfide) groups is 1. The molecular weight excluding hydrogens is 474 g/mol. The third kappa shape index (κ3) is 4.96. The smallest absolute Gasteiger partial charge is 0.251 e. The van der Waals surface area contributed by atoms with E-state index in [1.807, 2.05) is 24.3 Å². The quantitative estimate of drug-likeness (QED) is 0.325. The van der Waals surface area contributed by atoms with E-state index in [1.165, 1.54) is 10.5 Å². The van der Waals surface area contributed by atoms with Gasteiger partial charge in [0.2, 0.25) is 11.7 Å². The number of hydrogen-bond acceptors (Lipinski definition) is 6. The molecule has 0 radical (unpaired) electrons. The van der Waals surface area contributed by atoms with E-state index >= 15 is 0 Å². The van der Waals surface area contributed by atoms with Crippen LogP contribution in [0.2, 0.25) is 0 Å². The fourth-order valence-corrected chi connectivity index (χ4v) is 5.81. The molecule has 1 aliphatic carbocycles. The number of amides is 2. The number of allylic oxidation sites excluding steroid dienone is 1. The molecule has 3 aliphatic rings. The Kier molecular flexibility index (Phi) is 6.98. The highest BCUT2D eigenvalue weighted by Gasteiger charge is 2.42. The second kappa shape index (κ2) is 10.3. The van der Waals surface area contributed by atoms with E-state index in [-0.39, 0.29) is 30.6 Å². The lowest BCUT2D eigenvalue weighted by Crippen LogP contribution is -2.63. The normalized spacial score (nSPS) is 19.4. The van der Waals surface area contributed by atoms with Crippen molar-refractivity contribution in [2.45, 2.75) is 35.6 Å². The lowest BCUT2D eigenvalue weighted by atomic mass is 9.95. The molecule has 2 heterocycles. The van der Waals surface area contributed by atoms with E-state index in [9.17, 15) is 19.5 Å². The van der Waals surface area contributed by atoms with Crippen molar-refractivity contribution in [2.24, 2.45) is 5.92 Å². The lowest BCUT2D eigenvalue weighted by molar-refractivity contribution is -0.145. The third-order valence-electron chi connectivity index (χ3n) is 6.97. The number of aliphatic hydroxyl groups excluding tert-OH is 1. The van der Waals surface area contributed by atoms with Crippen molar-refractivity contribution < 1.29 is 19.5 Å². The summed E-state index contributed by atoms with van der Waals surface area (Å²) in [6.07, 6.45) is 3.78. The van der Waals surface area contributed by atoms with Gasteiger partial charge in [-0.05, 0) is 41.7 Å². The summed E-state index contributed by atoms with van der Waals surface area (Å²) in [5, 5.41) is 13.6. The molecule has 2 N–H and O–H groups in total. The number of carbonyl (C=O) groups is 3. The predicted molar refractivity (Wildman–Crippen MR) is 138 cm³/mol. The molecule has 0 unspecified atom stereocenters. The fraction of sp³-hybridized carbons (Fsp3) is 0.321. The summed E-state index contributed by atoms with van der Waals surface area (Å²) in [6.45, 7) is 4.45. The van der Waals surface area contributed by atoms with E-state index in [0.29, 0.717) is 13.1 Å². The minimum absolute atomic E-state index is 0.124. The van der Waals surface area contributed by atoms with Gasteiger partial charge in [-0.2, -0.15) is 0 Å². The number of rotatable bonds is 8. The van der Waals surface area contributed by atoms with Crippen LogP contribution in [-0.4, -0.2) is 58.3 Å². The van der Waals surface area contributed by atoms with Gasteiger partial charge in [-0.3, -0.25) is 19.7 Å². The molecule has 5 rings (SSSR count). The molecular formula is C28H29N3O4S. The van der Waals surface area contributed by atoms with Gasteiger partial charge in [0.15, 0.2) is 5.76 Å². The molecule has 1 saturated carbocycles. The zero-order valence-electron chi connectivity index (χ0n) is 19.9. The van der Waals surface area contributed by atoms with Crippen LogP contribution >= 0.6 is 11.8 Å². The van der Waals surface area contributed by atoms with Crippen LogP contribution in [0.4, 0.5) is 0 Å². The maximum atomic E-state index is 13.2. The number of benzene rings is 2. The molecule has 2 aliphatic heterocycles. The standard InChI is InChI=1S/C28H29N3O4S/c1-2-23(32)24(33)13-26(34)31(20-14-30(15-20)28(35)18-11-12-18)17-29-27-21-8-4-3-7-19(21)16-36-25-10-6-5-9-22(25)27/h2-10,13,18,20,27,29,33H,1,11-12,14-17H2/b24-13-/t27-/m0/s1. The monoisotopic (exact) mass is 503 g/mol. The molecule has 186 valence electrons. The highest BCUT2D eigenvalue weighted by molar-refractivity contribution is 7.98. The first-order valence-corrected chi connectivity index (χ1v) is 13.1. The SMILES string of the molecule is C=CC(=O)/C(O)=C/C(=O)N(CN[C@H]1c2ccccc2CSc2ccccc21)C1CN(C(=O)C2CC2)C1. The third-order valence-corrected chi connectivity index (χ3v) is 8.11. The van der Waals surface area contributed by atoms with Gasteiger partial charge in [-0.15, -0.1) is 11.8 Å². The Labute approximate surface area is 214 Å². The molecule has 1 atom stereocenters. The van der Waals surface area contributed by atoms with Gasteiger partial charge in [-0.1, -0.05) is 49.0 Å². The molecule has 7 nitrogen and oxygen atoms in total. The average molecular weight is 504 g/mol. The van der Waals surface area contributed by atoms with Crippen molar-refractivity contribution in [1.29, 1.82) is 0 Å². The Hall–Kier alpha value is -3.36. The summed E-state index contributed by atoms with van der Waals surface area (Å²) in [5.41, 5.74) is 3.52. The van der Waals surface area contributed by atoms with Crippen LogP contribution in [0, 0.1) is 5.92 Å². The van der Waals surface area contributed by atoms with Gasteiger partial charge in [0.05, 0.1) is 18.8 Å². The van der Waals surface area contributed by atoms with E-state index < -0.39 is 17.4 Å². The molecule has 2 amide bonds. The summed E-state index contributed by atoms with van der Waals surface area (Å²) < 4.78 is 0. The van der Waals surface area contributed by atoms with Crippen LogP contribution in [0.5, 0.6) is 0 Å². The van der Waals surface area contributed by atoms with Gasteiger partial charge in [0.1, 0.15) is 0 Å². The van der Waals surface area contributed by atoms with E-state index in [0.717, 1.165) is 41.9 Å². The first kappa shape index (κ1) is 24.3. The Bertz CT molecular complexity index is 1190. The first-order chi connectivity index (χ1) is 17.5. The van der Waals surface area contributed by atoms with E-state index in [2.05, 4.69) is 36.2 Å². The highest BCUT2D eigenvalue weighted by atomic mass is 32.2. The summed E-state index contributed by atoms with van der Waals surface area (Å²) in [6, 6.07) is 16.2. The van der Waals surface area contributed by atoms with Crippen LogP contribution in [0.15, 0.2) is 77.9 Å². The molecule has 8 heteroatoms. The fourth-order valence-electron chi connectivity index (χ4n) is 4.71. The van der Waals surface area contributed by atoms with Crippen molar-refractivity contribution in [2.75, 3.05) is 19.8 Å². The molecule has 0 spiro atoms. The van der Waals surface area contributed by atoms with E-state index in [4.69, 9.17) is 0 Å². The summed E-state index contributed by atoms with van der Waals surface area (Å²) in [4.78, 5) is 42.0. The van der Waals surface area contributed by atoms with Gasteiger partial charge < -0.3 is 14.9 Å². The van der Waals surface area contributed by atoms with Crippen LogP contribution in [-0.2, 0) is 20.1 Å². The molecule has 36 heavy (non-hydrogen) atoms. The minimum Gasteiger partial charge on any atom is -0.504 e. The Morgan fingerprint density at radius 2 is 1.78 bits per heavy atom. The van der Waals surface area contributed by atoms with Crippen LogP contribution in [0.1, 0.15) is 35.6 Å². The number of likely N-dealkylation sites (tertiary alicyclic amines) is 1. The topological polar surface area (TPSA) is 89.9 Å². The van der Waals surface area contributed by atoms with Crippen molar-refractivity contribution in [3.63, 3.8) is 0 Å². The number of aliphatic hydroxyl groups is 1. The number of hydrogen-bond donors (Lipinski definition) is 2. The van der Waals surface area contributed by atoms with Gasteiger partial charge in [-0.25, -0.2) is 0 Å². The summed E-state index contributed by atoms with van der Waals surface area (Å²) in [7, 11) is 0. The number of nitrogens with zero attached hydrogens (tertiary/aromatic N) is 2. The number of fused-ring (bicyclic) bond motifs is 2. The Morgan fingerprint density at radius 1 is 1.08 bits per heavy atom. The molecule has 1 saturated heterocycles. The Balaban J connectivity index is 1.39. The lowest BCUT2D eigenvalue weighted by Gasteiger charge is -2.45. The zero-order valence-corrected chi connectivity index (χ0v) is 20.7. The first-order valence-electron chi connectivity index (χ1n) is 12.2. The number of ketones is 1. The van der Waals surface area contributed by atoms with Gasteiger partial charge >= 0.3 is 0 Å². The second-order valence-corrected chi connectivity index (χ2v) is 10.4. The molecule has 2 aromatic rings. The average Bonchev–Trinajstić information content (AvgIpc) is 3.72. The maximum Gasteiger partial charge on any atom is 0.251 e. The van der Waals surface area contributed by atoms with Crippen molar-refractivity contribution >= 4 is 29.4 Å². The largest absolute Gasteiger partial charge is 0.504 e. The Morgan fingerprint density at radius 3 is 2.50 bits per heavy atom. The number of nitrogens with one attached hydrogen (secondary N) is 1. The predicted octanol–water partition coefficient (Wildman–Crippen LogP) is 3.58. The highest BCUT2D eigenvalue weighted by Crippen LogP contribution is 2.39. The summed E-state index contributed by atoms with van der Waals surface area (Å²) in [5.74, 6) is -0.710. The molecule has 2 fully saturated rings. The van der Waals surface area contributed by atoms with Gasteiger partial charge in [0.25, 0.3) is 5.91 Å². The van der Waals surface area contributed by atoms with Crippen molar-refractivity contribution in [3.8, 4) is 0 Å². The van der Waals surface area contributed by atoms with Crippen molar-refractivity contribution in [3.05, 3.63) is 89.7 Å². The van der Waals surface area contributed by atoms with Crippen LogP contribution in [0.3, 0.4) is 0 Å². The van der Waals surface area contributed by atoms with Crippen molar-refractivity contribution in [1.82, 2.24) is 15.1 Å². The van der Waals surface area contributed by atoms with Crippen LogP contribution in [0.25, 0.3) is 0 Å². The molecule has 0 bridgehead atoms. The van der Waals surface area contributed by atoms with Crippen LogP contribution < -0.4 is 5.32 Å². The minimum atomic E-state index is -0.709. The van der Waals surface area contributed by atoms with E-state index in [1.54, 1.807) is 21.6 Å². The maximum absolute atomic E-state index is 13.2. The van der Waals surface area contributed by atoms with Gasteiger partial charge in [0, 0.05) is 35.7 Å². The zero-order chi connectivity index (χ0) is 25.2. The summed E-state index contributed by atoms with van der Waals surface area (Å²) >= 11 is 1.79. The number of carbonyl (C=O) groups excluding carboxylic acids is 3. The molecule has 0 aromatic heterocycles. The second-order valence-electron chi connectivity index (χ2n) is 9.40. The molecule has 2 aromatic carbocycles.